The molecule has 0 unspecified atom stereocenters. The number of benzene rings is 5. The molecule has 248 valence electrons. The summed E-state index contributed by atoms with van der Waals surface area (Å²) in [6.07, 6.45) is 1.14. The largest absolute Gasteiger partial charge is 0.497 e. The second-order valence-electron chi connectivity index (χ2n) is 7.63. The predicted octanol–water partition coefficient (Wildman–Crippen LogP) is 13.8. The number of hydrogen-bond donors (Lipinski definition) is 0. The van der Waals surface area contributed by atoms with E-state index in [1.807, 2.05) is 136 Å². The van der Waals surface area contributed by atoms with Gasteiger partial charge in [-0.2, -0.15) is 0 Å². The minimum absolute atomic E-state index is 0.121. The van der Waals surface area contributed by atoms with E-state index in [2.05, 4.69) is 79.7 Å². The highest BCUT2D eigenvalue weighted by Gasteiger charge is 1.92. The third-order valence-corrected chi connectivity index (χ3v) is 5.07. The molecule has 2 nitrogen and oxygen atoms in total. The maximum Gasteiger partial charge on any atom is 0.159 e. The van der Waals surface area contributed by atoms with Crippen LogP contribution in [-0.4, -0.2) is 12.9 Å². The summed E-state index contributed by atoms with van der Waals surface area (Å²) in [5, 5.41) is 2.62. The Morgan fingerprint density at radius 2 is 0.756 bits per heavy atom. The van der Waals surface area contributed by atoms with Crippen LogP contribution in [-0.2, 0) is 6.42 Å². The number of carbonyl (C=O) groups excluding carboxylic acids is 1. The number of carbonyl (C=O) groups is 1. The molecule has 0 amide bonds. The van der Waals surface area contributed by atoms with Crippen LogP contribution in [0.4, 0.5) is 0 Å². The number of para-hydroxylation sites is 1. The zero-order valence-electron chi connectivity index (χ0n) is 30.8. The minimum atomic E-state index is 0.121. The molecule has 0 radical (unpaired) electrons. The first-order chi connectivity index (χ1) is 22.1. The van der Waals surface area contributed by atoms with E-state index < -0.39 is 0 Å². The van der Waals surface area contributed by atoms with Crippen LogP contribution in [0.25, 0.3) is 10.8 Å². The van der Waals surface area contributed by atoms with Gasteiger partial charge in [0.1, 0.15) is 5.75 Å². The molecule has 0 heterocycles. The molecule has 0 N–H and O–H groups in total. The first kappa shape index (κ1) is 47.8. The van der Waals surface area contributed by atoms with Gasteiger partial charge in [-0.25, -0.2) is 0 Å². The molecule has 45 heavy (non-hydrogen) atoms. The van der Waals surface area contributed by atoms with E-state index in [1.165, 1.54) is 16.3 Å². The standard InChI is InChI=1S/C10H8.C8H8O.C8H10.C7H8O.5C2H6/c1-2-6-10-8-4-3-7-9(10)5-1;1-7(9)8-5-3-2-4-6-8;1-2-8-6-4-3-5-7-8;1-8-7-5-3-2-4-6-7;5*1-2/h1-8H;2-6H,1H3;3-7H,2H2,1H3;2-6H,1H3;5*1-2H3. The average Bonchev–Trinajstić information content (AvgIpc) is 3.17. The van der Waals surface area contributed by atoms with Gasteiger partial charge in [-0.05, 0) is 41.8 Å². The number of methoxy groups -OCH3 is 1. The summed E-state index contributed by atoms with van der Waals surface area (Å²) in [5.74, 6) is 1.03. The van der Waals surface area contributed by atoms with Crippen molar-refractivity contribution in [3.63, 3.8) is 0 Å². The number of ketones is 1. The summed E-state index contributed by atoms with van der Waals surface area (Å²) in [5.41, 5.74) is 2.19. The molecule has 0 aliphatic carbocycles. The second kappa shape index (κ2) is 39.8. The van der Waals surface area contributed by atoms with Crippen LogP contribution < -0.4 is 4.74 Å². The van der Waals surface area contributed by atoms with Gasteiger partial charge in [0.2, 0.25) is 0 Å². The molecule has 0 aliphatic heterocycles. The van der Waals surface area contributed by atoms with E-state index in [1.54, 1.807) is 14.0 Å². The molecular weight excluding hydrogens is 548 g/mol. The number of Topliss-reactive ketones (excluding diaryl/α,β-unsaturated/α-hetero) is 1. The fraction of sp³-hybridized carbons (Fsp3) is 0.326. The van der Waals surface area contributed by atoms with E-state index in [9.17, 15) is 4.79 Å². The van der Waals surface area contributed by atoms with Crippen molar-refractivity contribution in [2.24, 2.45) is 0 Å². The molecule has 0 aromatic heterocycles. The molecule has 0 bridgehead atoms. The Hall–Kier alpha value is -4.17. The number of ether oxygens (including phenoxy) is 1. The SMILES string of the molecule is CC.CC.CC.CC.CC.CC(=O)c1ccccc1.CCc1ccccc1.COc1ccccc1.c1ccc2ccccc2c1. The van der Waals surface area contributed by atoms with Gasteiger partial charge in [0, 0.05) is 5.56 Å². The van der Waals surface area contributed by atoms with Gasteiger partial charge >= 0.3 is 0 Å². The van der Waals surface area contributed by atoms with Crippen molar-refractivity contribution < 1.29 is 9.53 Å². The average molecular weight is 613 g/mol. The first-order valence-electron chi connectivity index (χ1n) is 16.8. The summed E-state index contributed by atoms with van der Waals surface area (Å²) >= 11 is 0. The van der Waals surface area contributed by atoms with E-state index in [0.717, 1.165) is 17.7 Å². The van der Waals surface area contributed by atoms with Crippen LogP contribution in [0.2, 0.25) is 0 Å². The predicted molar refractivity (Wildman–Crippen MR) is 206 cm³/mol. The van der Waals surface area contributed by atoms with Crippen LogP contribution >= 0.6 is 0 Å². The van der Waals surface area contributed by atoms with Gasteiger partial charge in [0.15, 0.2) is 5.78 Å². The Morgan fingerprint density at radius 3 is 0.978 bits per heavy atom. The van der Waals surface area contributed by atoms with E-state index in [0.29, 0.717) is 0 Å². The van der Waals surface area contributed by atoms with Crippen LogP contribution in [0, 0.1) is 0 Å². The van der Waals surface area contributed by atoms with Crippen LogP contribution in [0.3, 0.4) is 0 Å². The zero-order chi connectivity index (χ0) is 35.1. The van der Waals surface area contributed by atoms with E-state index in [4.69, 9.17) is 4.74 Å². The Kier molecular flexibility index (Phi) is 42.3. The van der Waals surface area contributed by atoms with Gasteiger partial charge in [0.25, 0.3) is 0 Å². The van der Waals surface area contributed by atoms with Crippen molar-refractivity contribution in [3.8, 4) is 5.75 Å². The Morgan fingerprint density at radius 1 is 0.467 bits per heavy atom. The van der Waals surface area contributed by atoms with Gasteiger partial charge in [-0.3, -0.25) is 4.79 Å². The van der Waals surface area contributed by atoms with Crippen molar-refractivity contribution in [2.45, 2.75) is 89.5 Å². The van der Waals surface area contributed by atoms with E-state index in [-0.39, 0.29) is 5.78 Å². The lowest BCUT2D eigenvalue weighted by atomic mass is 10.1. The molecule has 0 aliphatic rings. The topological polar surface area (TPSA) is 26.3 Å². The maximum atomic E-state index is 10.6. The fourth-order valence-electron chi connectivity index (χ4n) is 3.08. The lowest BCUT2D eigenvalue weighted by Gasteiger charge is -1.93. The summed E-state index contributed by atoms with van der Waals surface area (Å²) in [7, 11) is 1.66. The molecule has 2 heteroatoms. The molecule has 0 saturated heterocycles. The third kappa shape index (κ3) is 27.1. The lowest BCUT2D eigenvalue weighted by molar-refractivity contribution is 0.101. The van der Waals surface area contributed by atoms with Crippen molar-refractivity contribution >= 4 is 16.6 Å². The highest BCUT2D eigenvalue weighted by atomic mass is 16.5. The maximum absolute atomic E-state index is 10.6. The number of rotatable bonds is 3. The lowest BCUT2D eigenvalue weighted by Crippen LogP contribution is -1.88. The Labute approximate surface area is 278 Å². The zero-order valence-corrected chi connectivity index (χ0v) is 30.8. The molecule has 5 aromatic carbocycles. The normalized spacial score (nSPS) is 7.84. The highest BCUT2D eigenvalue weighted by Crippen LogP contribution is 2.11. The molecule has 0 spiro atoms. The summed E-state index contributed by atoms with van der Waals surface area (Å²) < 4.78 is 4.91. The summed E-state index contributed by atoms with van der Waals surface area (Å²) in [4.78, 5) is 10.6. The van der Waals surface area contributed by atoms with Crippen LogP contribution in [0.1, 0.15) is 99.0 Å². The molecular formula is C43H64O2. The van der Waals surface area contributed by atoms with Gasteiger partial charge < -0.3 is 4.74 Å². The van der Waals surface area contributed by atoms with Crippen molar-refractivity contribution in [1.82, 2.24) is 0 Å². The molecule has 5 aromatic rings. The fourth-order valence-corrected chi connectivity index (χ4v) is 3.08. The van der Waals surface area contributed by atoms with Crippen molar-refractivity contribution in [2.75, 3.05) is 7.11 Å². The van der Waals surface area contributed by atoms with Gasteiger partial charge in [-0.15, -0.1) is 0 Å². The number of fused-ring (bicyclic) bond motifs is 1. The molecule has 0 atom stereocenters. The smallest absolute Gasteiger partial charge is 0.159 e. The minimum Gasteiger partial charge on any atom is -0.497 e. The van der Waals surface area contributed by atoms with E-state index >= 15 is 0 Å². The Balaban J connectivity index is -0.000000228. The first-order valence-corrected chi connectivity index (χ1v) is 16.8. The number of hydrogen-bond acceptors (Lipinski definition) is 2. The van der Waals surface area contributed by atoms with Crippen LogP contribution in [0.5, 0.6) is 5.75 Å². The monoisotopic (exact) mass is 612 g/mol. The molecule has 0 fully saturated rings. The summed E-state index contributed by atoms with van der Waals surface area (Å²) in [6.45, 7) is 23.7. The molecule has 5 rings (SSSR count). The van der Waals surface area contributed by atoms with Gasteiger partial charge in [0.05, 0.1) is 7.11 Å². The quantitative estimate of drug-likeness (QED) is 0.189. The number of aryl methyl sites for hydroxylation is 1. The summed E-state index contributed by atoms with van der Waals surface area (Å²) in [6, 6.07) is 46.1. The van der Waals surface area contributed by atoms with Gasteiger partial charge in [-0.1, -0.05) is 204 Å². The van der Waals surface area contributed by atoms with Crippen molar-refractivity contribution in [1.29, 1.82) is 0 Å². The highest BCUT2D eigenvalue weighted by molar-refractivity contribution is 5.93. The molecule has 0 saturated carbocycles. The third-order valence-electron chi connectivity index (χ3n) is 5.07. The van der Waals surface area contributed by atoms with Crippen molar-refractivity contribution in [3.05, 3.63) is 151 Å². The Bertz CT molecular complexity index is 1110. The van der Waals surface area contributed by atoms with Crippen LogP contribution in [0.15, 0.2) is 140 Å². The second-order valence-corrected chi connectivity index (χ2v) is 7.63.